The van der Waals surface area contributed by atoms with E-state index in [4.69, 9.17) is 15.0 Å². The summed E-state index contributed by atoms with van der Waals surface area (Å²) in [6, 6.07) is 11.8. The van der Waals surface area contributed by atoms with Crippen molar-refractivity contribution in [2.24, 2.45) is 5.14 Å². The van der Waals surface area contributed by atoms with Crippen LogP contribution >= 0.6 is 0 Å². The molecule has 10 nitrogen and oxygen atoms in total. The second-order valence-electron chi connectivity index (χ2n) is 10.7. The molecule has 0 atom stereocenters. The number of piperidine rings is 1. The third-order valence-electron chi connectivity index (χ3n) is 7.89. The molecule has 14 heteroatoms. The fourth-order valence-electron chi connectivity index (χ4n) is 5.73. The van der Waals surface area contributed by atoms with Gasteiger partial charge in [0.15, 0.2) is 0 Å². The topological polar surface area (TPSA) is 158 Å². The number of rotatable bonds is 6. The van der Waals surface area contributed by atoms with Crippen LogP contribution in [0.4, 0.5) is 13.2 Å². The van der Waals surface area contributed by atoms with Gasteiger partial charge in [0.1, 0.15) is 0 Å². The number of hydrogen-bond acceptors (Lipinski definition) is 6. The molecule has 1 aliphatic carbocycles. The highest BCUT2D eigenvalue weighted by Crippen LogP contribution is 2.35. The number of sulfonamides is 1. The molecule has 1 aliphatic heterocycles. The number of amides is 1. The van der Waals surface area contributed by atoms with E-state index >= 15 is 0 Å². The van der Waals surface area contributed by atoms with Crippen molar-refractivity contribution in [3.63, 3.8) is 0 Å². The summed E-state index contributed by atoms with van der Waals surface area (Å²) >= 11 is 0. The van der Waals surface area contributed by atoms with E-state index < -0.39 is 22.2 Å². The van der Waals surface area contributed by atoms with Crippen LogP contribution in [0.15, 0.2) is 47.4 Å². The van der Waals surface area contributed by atoms with E-state index in [1.807, 2.05) is 12.1 Å². The molecular formula is C28H34F3N5O5S. The fourth-order valence-corrected chi connectivity index (χ4v) is 6.28. The first kappa shape index (κ1) is 31.4. The smallest absolute Gasteiger partial charge is 0.475 e. The molecule has 1 saturated heterocycles. The zero-order valence-corrected chi connectivity index (χ0v) is 23.7. The monoisotopic (exact) mass is 609 g/mol. The number of carbonyl (C=O) groups excluding carboxylic acids is 1. The number of primary sulfonamides is 1. The van der Waals surface area contributed by atoms with E-state index in [9.17, 15) is 26.4 Å². The predicted molar refractivity (Wildman–Crippen MR) is 150 cm³/mol. The van der Waals surface area contributed by atoms with E-state index in [0.29, 0.717) is 23.4 Å². The Kier molecular flexibility index (Phi) is 9.58. The quantitative estimate of drug-likeness (QED) is 0.322. The van der Waals surface area contributed by atoms with Crippen molar-refractivity contribution < 1.29 is 36.3 Å². The number of fused-ring (bicyclic) bond motifs is 1. The Bertz CT molecular complexity index is 1530. The number of nitrogens with zero attached hydrogens (tertiary/aromatic N) is 2. The van der Waals surface area contributed by atoms with E-state index in [1.54, 1.807) is 18.2 Å². The molecule has 0 bridgehead atoms. The molecule has 2 aromatic carbocycles. The molecule has 2 aliphatic rings. The second-order valence-corrected chi connectivity index (χ2v) is 12.3. The molecule has 2 fully saturated rings. The minimum Gasteiger partial charge on any atom is -0.475 e. The van der Waals surface area contributed by atoms with E-state index in [0.717, 1.165) is 36.8 Å². The zero-order valence-electron chi connectivity index (χ0n) is 22.9. The molecule has 42 heavy (non-hydrogen) atoms. The fraction of sp³-hybridized carbons (Fsp3) is 0.464. The third-order valence-corrected chi connectivity index (χ3v) is 8.80. The molecule has 5 N–H and O–H groups in total. The minimum atomic E-state index is -5.08. The number of nitrogens with two attached hydrogens (primary N) is 1. The largest absolute Gasteiger partial charge is 0.490 e. The van der Waals surface area contributed by atoms with Gasteiger partial charge in [0, 0.05) is 28.6 Å². The number of carbonyl (C=O) groups is 2. The van der Waals surface area contributed by atoms with Crippen LogP contribution in [-0.2, 0) is 14.8 Å². The summed E-state index contributed by atoms with van der Waals surface area (Å²) in [5.74, 6) is -2.85. The lowest BCUT2D eigenvalue weighted by molar-refractivity contribution is -0.192. The number of H-pyrrole nitrogens is 1. The van der Waals surface area contributed by atoms with E-state index in [1.165, 1.54) is 50.7 Å². The van der Waals surface area contributed by atoms with Crippen LogP contribution in [0.2, 0.25) is 0 Å². The Morgan fingerprint density at radius 3 is 2.29 bits per heavy atom. The summed E-state index contributed by atoms with van der Waals surface area (Å²) in [7, 11) is -3.83. The molecule has 0 radical (unpaired) electrons. The predicted octanol–water partition coefficient (Wildman–Crippen LogP) is 4.43. The summed E-state index contributed by atoms with van der Waals surface area (Å²) in [4.78, 5) is 24.8. The molecule has 0 spiro atoms. The molecule has 2 heterocycles. The lowest BCUT2D eigenvalue weighted by Crippen LogP contribution is -2.58. The van der Waals surface area contributed by atoms with Gasteiger partial charge in [0.25, 0.3) is 5.91 Å². The molecule has 1 amide bonds. The van der Waals surface area contributed by atoms with Gasteiger partial charge in [-0.1, -0.05) is 37.8 Å². The highest BCUT2D eigenvalue weighted by molar-refractivity contribution is 7.89. The van der Waals surface area contributed by atoms with Crippen LogP contribution in [0.3, 0.4) is 0 Å². The van der Waals surface area contributed by atoms with Gasteiger partial charge >= 0.3 is 12.1 Å². The first-order valence-electron chi connectivity index (χ1n) is 13.7. The molecule has 5 rings (SSSR count). The number of hydrogen-bond donors (Lipinski definition) is 4. The van der Waals surface area contributed by atoms with Crippen molar-refractivity contribution in [3.05, 3.63) is 48.0 Å². The Balaban J connectivity index is 0.000000517. The maximum Gasteiger partial charge on any atom is 0.490 e. The molecule has 1 saturated carbocycles. The van der Waals surface area contributed by atoms with Gasteiger partial charge in [-0.05, 0) is 69.1 Å². The van der Waals surface area contributed by atoms with Gasteiger partial charge in [0.05, 0.1) is 16.1 Å². The van der Waals surface area contributed by atoms with Crippen LogP contribution in [0.1, 0.15) is 61.7 Å². The van der Waals surface area contributed by atoms with Crippen molar-refractivity contribution in [1.29, 1.82) is 0 Å². The number of nitrogens with one attached hydrogen (secondary N) is 2. The van der Waals surface area contributed by atoms with E-state index in [-0.39, 0.29) is 16.3 Å². The maximum absolute atomic E-state index is 13.3. The Labute approximate surface area is 241 Å². The molecule has 0 unspecified atom stereocenters. The average Bonchev–Trinajstić information content (AvgIpc) is 3.40. The van der Waals surface area contributed by atoms with Gasteiger partial charge in [0.2, 0.25) is 10.0 Å². The third kappa shape index (κ3) is 7.47. The maximum atomic E-state index is 13.3. The number of carboxylic acids is 1. The minimum absolute atomic E-state index is 0.0236. The van der Waals surface area contributed by atoms with Crippen molar-refractivity contribution in [2.75, 3.05) is 19.6 Å². The summed E-state index contributed by atoms with van der Waals surface area (Å²) in [6.45, 7) is 2.91. The number of halogens is 3. The number of likely N-dealkylation sites (tertiary alicyclic amines) is 1. The van der Waals surface area contributed by atoms with Crippen LogP contribution < -0.4 is 10.5 Å². The van der Waals surface area contributed by atoms with Gasteiger partial charge < -0.3 is 10.4 Å². The Hall–Kier alpha value is -3.49. The van der Waals surface area contributed by atoms with Crippen molar-refractivity contribution in [3.8, 4) is 11.3 Å². The summed E-state index contributed by atoms with van der Waals surface area (Å²) in [6.07, 6.45) is 4.67. The molecular weight excluding hydrogens is 575 g/mol. The summed E-state index contributed by atoms with van der Waals surface area (Å²) in [5, 5.41) is 23.8. The summed E-state index contributed by atoms with van der Waals surface area (Å²) in [5.41, 5.74) is 2.60. The standard InChI is InChI=1S/C26H33N5O3S.C2HF3O2/c27-35(33,34)21-9-7-8-19(16-21)24-22-17-20(10-11-23(22)29-30-24)25(32)28-18-26(12-3-1-4-13-26)31-14-5-2-6-15-31;3-2(4,5)1(6)7/h7-11,16-17H,1-6,12-15,18H2,(H,28,32)(H,29,30)(H2,27,33,34);(H,6,7). The van der Waals surface area contributed by atoms with Crippen LogP contribution in [0, 0.1) is 0 Å². The number of alkyl halides is 3. The van der Waals surface area contributed by atoms with Gasteiger partial charge in [-0.3, -0.25) is 14.8 Å². The van der Waals surface area contributed by atoms with Crippen molar-refractivity contribution in [1.82, 2.24) is 20.4 Å². The number of aromatic nitrogens is 2. The Morgan fingerprint density at radius 1 is 1.02 bits per heavy atom. The van der Waals surface area contributed by atoms with E-state index in [2.05, 4.69) is 20.4 Å². The summed E-state index contributed by atoms with van der Waals surface area (Å²) < 4.78 is 55.3. The first-order chi connectivity index (χ1) is 19.8. The molecule has 228 valence electrons. The molecule has 3 aromatic rings. The first-order valence-corrected chi connectivity index (χ1v) is 15.3. The SMILES string of the molecule is NS(=O)(=O)c1cccc(-c2n[nH]c3ccc(C(=O)NCC4(N5CCCCC5)CCCCC4)cc23)c1.O=C(O)C(F)(F)F. The van der Waals surface area contributed by atoms with Gasteiger partial charge in [-0.15, -0.1) is 0 Å². The highest BCUT2D eigenvalue weighted by atomic mass is 32.2. The molecule has 1 aromatic heterocycles. The van der Waals surface area contributed by atoms with Crippen LogP contribution in [0.25, 0.3) is 22.2 Å². The Morgan fingerprint density at radius 2 is 1.67 bits per heavy atom. The lowest BCUT2D eigenvalue weighted by atomic mass is 9.79. The van der Waals surface area contributed by atoms with Gasteiger partial charge in [-0.25, -0.2) is 18.4 Å². The lowest BCUT2D eigenvalue weighted by Gasteiger charge is -2.48. The number of benzene rings is 2. The van der Waals surface area contributed by atoms with Crippen LogP contribution in [-0.4, -0.2) is 71.8 Å². The van der Waals surface area contributed by atoms with Crippen molar-refractivity contribution >= 4 is 32.8 Å². The normalized spacial score (nSPS) is 17.7. The van der Waals surface area contributed by atoms with Gasteiger partial charge in [-0.2, -0.15) is 18.3 Å². The number of carboxylic acid groups (broad SMARTS) is 1. The zero-order chi connectivity index (χ0) is 30.5. The second kappa shape index (κ2) is 12.8. The van der Waals surface area contributed by atoms with Crippen LogP contribution in [0.5, 0.6) is 0 Å². The number of aliphatic carboxylic acids is 1. The number of aromatic amines is 1. The van der Waals surface area contributed by atoms with Crippen molar-refractivity contribution in [2.45, 2.75) is 68.0 Å². The average molecular weight is 610 g/mol. The highest BCUT2D eigenvalue weighted by Gasteiger charge is 2.39.